The number of carbonyl (C=O) groups excluding carboxylic acids is 1. The normalized spacial score (nSPS) is 10.3. The molecule has 148 valence electrons. The standard InChI is InChI=1S/C19H16ClN5O4/c1-12-21-17(20)11-18(22-12)24(2)15-5-3-4-13(10-15)23-19(26)29-16-8-6-14(7-9-16)25(27)28/h3-11H,1-2H3,(H,23,26). The predicted molar refractivity (Wildman–Crippen MR) is 109 cm³/mol. The third-order valence-corrected chi connectivity index (χ3v) is 4.07. The van der Waals surface area contributed by atoms with Crippen LogP contribution in [0.5, 0.6) is 5.75 Å². The van der Waals surface area contributed by atoms with Gasteiger partial charge in [-0.3, -0.25) is 15.4 Å². The fourth-order valence-electron chi connectivity index (χ4n) is 2.50. The van der Waals surface area contributed by atoms with E-state index >= 15 is 0 Å². The molecule has 0 unspecified atom stereocenters. The van der Waals surface area contributed by atoms with Crippen LogP contribution in [0.15, 0.2) is 54.6 Å². The molecule has 29 heavy (non-hydrogen) atoms. The zero-order chi connectivity index (χ0) is 21.0. The molecule has 10 heteroatoms. The van der Waals surface area contributed by atoms with E-state index < -0.39 is 11.0 Å². The number of aryl methyl sites for hydroxylation is 1. The van der Waals surface area contributed by atoms with Crippen LogP contribution in [0.25, 0.3) is 0 Å². The first-order valence-electron chi connectivity index (χ1n) is 8.40. The number of rotatable bonds is 5. The molecule has 1 heterocycles. The van der Waals surface area contributed by atoms with Crippen molar-refractivity contribution in [1.29, 1.82) is 0 Å². The second-order valence-electron chi connectivity index (χ2n) is 5.97. The minimum Gasteiger partial charge on any atom is -0.410 e. The highest BCUT2D eigenvalue weighted by Gasteiger charge is 2.11. The number of nitro benzene ring substituents is 1. The van der Waals surface area contributed by atoms with E-state index in [1.54, 1.807) is 36.1 Å². The number of carbonyl (C=O) groups is 1. The molecule has 1 aromatic heterocycles. The molecule has 0 bridgehead atoms. The van der Waals surface area contributed by atoms with E-state index in [1.807, 2.05) is 13.1 Å². The Hall–Kier alpha value is -3.72. The van der Waals surface area contributed by atoms with Crippen LogP contribution in [0.2, 0.25) is 5.15 Å². The Morgan fingerprint density at radius 2 is 1.90 bits per heavy atom. The minimum absolute atomic E-state index is 0.0893. The van der Waals surface area contributed by atoms with Crippen molar-refractivity contribution in [2.75, 3.05) is 17.3 Å². The number of nitro groups is 1. The number of anilines is 3. The maximum absolute atomic E-state index is 12.1. The van der Waals surface area contributed by atoms with Gasteiger partial charge in [-0.05, 0) is 37.3 Å². The maximum atomic E-state index is 12.1. The molecule has 0 saturated heterocycles. The van der Waals surface area contributed by atoms with Crippen LogP contribution in [0, 0.1) is 17.0 Å². The quantitative estimate of drug-likeness (QED) is 0.365. The van der Waals surface area contributed by atoms with E-state index in [1.165, 1.54) is 24.3 Å². The molecule has 0 saturated carbocycles. The molecule has 0 aliphatic rings. The minimum atomic E-state index is -0.723. The number of ether oxygens (including phenoxy) is 1. The van der Waals surface area contributed by atoms with Crippen LogP contribution in [0.1, 0.15) is 5.82 Å². The molecule has 3 aromatic rings. The predicted octanol–water partition coefficient (Wildman–Crippen LogP) is 4.73. The molecule has 0 aliphatic heterocycles. The summed E-state index contributed by atoms with van der Waals surface area (Å²) in [7, 11) is 1.81. The second kappa shape index (κ2) is 8.53. The van der Waals surface area contributed by atoms with E-state index in [2.05, 4.69) is 15.3 Å². The van der Waals surface area contributed by atoms with Crippen LogP contribution in [0.3, 0.4) is 0 Å². The molecule has 0 radical (unpaired) electrons. The van der Waals surface area contributed by atoms with Crippen LogP contribution in [-0.4, -0.2) is 28.0 Å². The summed E-state index contributed by atoms with van der Waals surface area (Å²) in [5, 5.41) is 13.6. The number of halogens is 1. The number of aromatic nitrogens is 2. The summed E-state index contributed by atoms with van der Waals surface area (Å²) >= 11 is 6.00. The Kier molecular flexibility index (Phi) is 5.89. The average molecular weight is 414 g/mol. The first-order valence-corrected chi connectivity index (χ1v) is 8.78. The van der Waals surface area contributed by atoms with E-state index in [9.17, 15) is 14.9 Å². The fraction of sp³-hybridized carbons (Fsp3) is 0.105. The topological polar surface area (TPSA) is 110 Å². The van der Waals surface area contributed by atoms with Gasteiger partial charge < -0.3 is 9.64 Å². The summed E-state index contributed by atoms with van der Waals surface area (Å²) in [5.74, 6) is 1.33. The van der Waals surface area contributed by atoms with Crippen LogP contribution in [-0.2, 0) is 0 Å². The highest BCUT2D eigenvalue weighted by atomic mass is 35.5. The SMILES string of the molecule is Cc1nc(Cl)cc(N(C)c2cccc(NC(=O)Oc3ccc([N+](=O)[O-])cc3)c2)n1. The molecule has 1 amide bonds. The highest BCUT2D eigenvalue weighted by Crippen LogP contribution is 2.26. The van der Waals surface area contributed by atoms with Gasteiger partial charge in [0, 0.05) is 36.6 Å². The van der Waals surface area contributed by atoms with Gasteiger partial charge in [-0.15, -0.1) is 0 Å². The fourth-order valence-corrected chi connectivity index (χ4v) is 2.72. The molecule has 9 nitrogen and oxygen atoms in total. The van der Waals surface area contributed by atoms with E-state index in [4.69, 9.17) is 16.3 Å². The first-order chi connectivity index (χ1) is 13.8. The summed E-state index contributed by atoms with van der Waals surface area (Å²) in [6, 6.07) is 13.9. The molecule has 2 aromatic carbocycles. The molecular formula is C19H16ClN5O4. The number of nitrogens with zero attached hydrogens (tertiary/aromatic N) is 4. The monoisotopic (exact) mass is 413 g/mol. The summed E-state index contributed by atoms with van der Waals surface area (Å²) in [4.78, 5) is 32.4. The van der Waals surface area contributed by atoms with Gasteiger partial charge in [-0.2, -0.15) is 0 Å². The lowest BCUT2D eigenvalue weighted by Crippen LogP contribution is -2.17. The van der Waals surface area contributed by atoms with Gasteiger partial charge >= 0.3 is 6.09 Å². The Balaban J connectivity index is 1.70. The van der Waals surface area contributed by atoms with Gasteiger partial charge in [-0.25, -0.2) is 14.8 Å². The summed E-state index contributed by atoms with van der Waals surface area (Å²) < 4.78 is 5.15. The number of amides is 1. The van der Waals surface area contributed by atoms with Crippen molar-refractivity contribution in [1.82, 2.24) is 9.97 Å². The van der Waals surface area contributed by atoms with Gasteiger partial charge in [0.1, 0.15) is 22.5 Å². The van der Waals surface area contributed by atoms with E-state index in [0.29, 0.717) is 22.5 Å². The lowest BCUT2D eigenvalue weighted by atomic mass is 10.2. The molecule has 1 N–H and O–H groups in total. The molecule has 0 aliphatic carbocycles. The summed E-state index contributed by atoms with van der Waals surface area (Å²) in [6.07, 6.45) is -0.723. The average Bonchev–Trinajstić information content (AvgIpc) is 2.67. The maximum Gasteiger partial charge on any atom is 0.417 e. The van der Waals surface area contributed by atoms with Crippen molar-refractivity contribution < 1.29 is 14.5 Å². The van der Waals surface area contributed by atoms with Gasteiger partial charge in [0.2, 0.25) is 0 Å². The first kappa shape index (κ1) is 20.0. The smallest absolute Gasteiger partial charge is 0.410 e. The van der Waals surface area contributed by atoms with Crippen LogP contribution < -0.4 is 15.0 Å². The Morgan fingerprint density at radius 3 is 2.55 bits per heavy atom. The van der Waals surface area contributed by atoms with Crippen molar-refractivity contribution in [3.8, 4) is 5.75 Å². The van der Waals surface area contributed by atoms with Crippen LogP contribution in [0.4, 0.5) is 27.7 Å². The van der Waals surface area contributed by atoms with Crippen molar-refractivity contribution in [2.45, 2.75) is 6.92 Å². The largest absolute Gasteiger partial charge is 0.417 e. The van der Waals surface area contributed by atoms with Gasteiger partial charge in [0.25, 0.3) is 5.69 Å². The zero-order valence-electron chi connectivity index (χ0n) is 15.5. The van der Waals surface area contributed by atoms with E-state index in [-0.39, 0.29) is 11.4 Å². The van der Waals surface area contributed by atoms with Crippen molar-refractivity contribution in [3.63, 3.8) is 0 Å². The van der Waals surface area contributed by atoms with Crippen molar-refractivity contribution in [2.24, 2.45) is 0 Å². The number of benzene rings is 2. The van der Waals surface area contributed by atoms with Gasteiger partial charge in [-0.1, -0.05) is 17.7 Å². The number of hydrogen-bond donors (Lipinski definition) is 1. The molecule has 3 rings (SSSR count). The Morgan fingerprint density at radius 1 is 1.17 bits per heavy atom. The third kappa shape index (κ3) is 5.17. The zero-order valence-corrected chi connectivity index (χ0v) is 16.3. The Labute approximate surface area is 171 Å². The number of non-ortho nitro benzene ring substituents is 1. The van der Waals surface area contributed by atoms with Crippen molar-refractivity contribution >= 4 is 40.6 Å². The van der Waals surface area contributed by atoms with Crippen LogP contribution >= 0.6 is 11.6 Å². The van der Waals surface area contributed by atoms with E-state index in [0.717, 1.165) is 5.69 Å². The van der Waals surface area contributed by atoms with Gasteiger partial charge in [0.15, 0.2) is 0 Å². The summed E-state index contributed by atoms with van der Waals surface area (Å²) in [6.45, 7) is 1.75. The highest BCUT2D eigenvalue weighted by molar-refractivity contribution is 6.29. The molecule has 0 spiro atoms. The lowest BCUT2D eigenvalue weighted by molar-refractivity contribution is -0.384. The number of hydrogen-bond acceptors (Lipinski definition) is 7. The Bertz CT molecular complexity index is 1040. The molecule has 0 atom stereocenters. The summed E-state index contributed by atoms with van der Waals surface area (Å²) in [5.41, 5.74) is 1.17. The van der Waals surface area contributed by atoms with Gasteiger partial charge in [0.05, 0.1) is 4.92 Å². The molecule has 0 fully saturated rings. The lowest BCUT2D eigenvalue weighted by Gasteiger charge is -2.19. The number of nitrogens with one attached hydrogen (secondary N) is 1. The third-order valence-electron chi connectivity index (χ3n) is 3.87. The molecular weight excluding hydrogens is 398 g/mol. The van der Waals surface area contributed by atoms with Crippen molar-refractivity contribution in [3.05, 3.63) is 75.7 Å². The second-order valence-corrected chi connectivity index (χ2v) is 6.36.